The minimum absolute atomic E-state index is 0.220. The van der Waals surface area contributed by atoms with E-state index in [1.807, 2.05) is 6.07 Å². The SMILES string of the molecule is O=C(NCCc1cccc(F)c1)c1ccccc1Cl. The molecule has 0 spiro atoms. The number of benzene rings is 2. The van der Waals surface area contributed by atoms with Crippen molar-refractivity contribution in [2.45, 2.75) is 6.42 Å². The van der Waals surface area contributed by atoms with Gasteiger partial charge in [-0.25, -0.2) is 4.39 Å². The van der Waals surface area contributed by atoms with Gasteiger partial charge in [0.15, 0.2) is 0 Å². The second-order valence-corrected chi connectivity index (χ2v) is 4.52. The minimum atomic E-state index is -0.269. The van der Waals surface area contributed by atoms with E-state index < -0.39 is 0 Å². The molecule has 0 aliphatic rings. The van der Waals surface area contributed by atoms with E-state index in [0.29, 0.717) is 23.6 Å². The van der Waals surface area contributed by atoms with Gasteiger partial charge < -0.3 is 5.32 Å². The molecule has 1 N–H and O–H groups in total. The van der Waals surface area contributed by atoms with Gasteiger partial charge in [0.1, 0.15) is 5.82 Å². The van der Waals surface area contributed by atoms with Gasteiger partial charge in [0, 0.05) is 6.54 Å². The van der Waals surface area contributed by atoms with Crippen molar-refractivity contribution in [1.29, 1.82) is 0 Å². The standard InChI is InChI=1S/C15H13ClFNO/c16-14-7-2-1-6-13(14)15(19)18-9-8-11-4-3-5-12(17)10-11/h1-7,10H,8-9H2,(H,18,19). The van der Waals surface area contributed by atoms with Gasteiger partial charge >= 0.3 is 0 Å². The average molecular weight is 278 g/mol. The molecule has 0 aliphatic carbocycles. The maximum Gasteiger partial charge on any atom is 0.252 e. The number of hydrogen-bond donors (Lipinski definition) is 1. The van der Waals surface area contributed by atoms with Gasteiger partial charge in [-0.3, -0.25) is 4.79 Å². The molecule has 0 bridgehead atoms. The second-order valence-electron chi connectivity index (χ2n) is 4.12. The van der Waals surface area contributed by atoms with Crippen LogP contribution in [0.15, 0.2) is 48.5 Å². The molecule has 2 rings (SSSR count). The second kappa shape index (κ2) is 6.34. The zero-order valence-corrected chi connectivity index (χ0v) is 11.0. The van der Waals surface area contributed by atoms with Crippen molar-refractivity contribution in [3.8, 4) is 0 Å². The molecule has 0 saturated heterocycles. The Morgan fingerprint density at radius 3 is 2.68 bits per heavy atom. The maximum atomic E-state index is 13.0. The highest BCUT2D eigenvalue weighted by Crippen LogP contribution is 2.14. The fourth-order valence-corrected chi connectivity index (χ4v) is 1.97. The number of carbonyl (C=O) groups is 1. The van der Waals surface area contributed by atoms with Gasteiger partial charge in [-0.15, -0.1) is 0 Å². The highest BCUT2D eigenvalue weighted by molar-refractivity contribution is 6.33. The van der Waals surface area contributed by atoms with Crippen molar-refractivity contribution in [3.05, 3.63) is 70.5 Å². The molecule has 19 heavy (non-hydrogen) atoms. The van der Waals surface area contributed by atoms with Crippen LogP contribution in [0.3, 0.4) is 0 Å². The predicted octanol–water partition coefficient (Wildman–Crippen LogP) is 3.45. The van der Waals surface area contributed by atoms with E-state index in [1.165, 1.54) is 12.1 Å². The van der Waals surface area contributed by atoms with E-state index >= 15 is 0 Å². The molecule has 0 heterocycles. The van der Waals surface area contributed by atoms with Crippen molar-refractivity contribution < 1.29 is 9.18 Å². The summed E-state index contributed by atoms with van der Waals surface area (Å²) in [6, 6.07) is 13.2. The molecule has 0 aromatic heterocycles. The third kappa shape index (κ3) is 3.80. The third-order valence-corrected chi connectivity index (χ3v) is 3.04. The van der Waals surface area contributed by atoms with Crippen LogP contribution in [0.4, 0.5) is 4.39 Å². The molecule has 0 saturated carbocycles. The zero-order valence-electron chi connectivity index (χ0n) is 10.2. The predicted molar refractivity (Wildman–Crippen MR) is 73.9 cm³/mol. The lowest BCUT2D eigenvalue weighted by Gasteiger charge is -2.06. The maximum absolute atomic E-state index is 13.0. The van der Waals surface area contributed by atoms with Gasteiger partial charge in [0.25, 0.3) is 5.91 Å². The van der Waals surface area contributed by atoms with E-state index in [2.05, 4.69) is 5.32 Å². The molecule has 1 amide bonds. The minimum Gasteiger partial charge on any atom is -0.352 e. The largest absolute Gasteiger partial charge is 0.352 e. The van der Waals surface area contributed by atoms with Gasteiger partial charge in [-0.1, -0.05) is 35.9 Å². The number of amides is 1. The Kier molecular flexibility index (Phi) is 4.53. The molecule has 4 heteroatoms. The number of rotatable bonds is 4. The van der Waals surface area contributed by atoms with Crippen LogP contribution in [0, 0.1) is 5.82 Å². The summed E-state index contributed by atoms with van der Waals surface area (Å²) in [5.74, 6) is -0.489. The molecule has 0 atom stereocenters. The monoisotopic (exact) mass is 277 g/mol. The van der Waals surface area contributed by atoms with E-state index in [9.17, 15) is 9.18 Å². The first kappa shape index (κ1) is 13.6. The van der Waals surface area contributed by atoms with Crippen LogP contribution in [0.2, 0.25) is 5.02 Å². The Labute approximate surface area is 116 Å². The van der Waals surface area contributed by atoms with Crippen molar-refractivity contribution in [2.75, 3.05) is 6.54 Å². The first-order valence-corrected chi connectivity index (χ1v) is 6.32. The van der Waals surface area contributed by atoms with Crippen LogP contribution < -0.4 is 5.32 Å². The lowest BCUT2D eigenvalue weighted by atomic mass is 10.1. The van der Waals surface area contributed by atoms with Gasteiger partial charge in [-0.05, 0) is 36.2 Å². The average Bonchev–Trinajstić information content (AvgIpc) is 2.39. The van der Waals surface area contributed by atoms with Crippen molar-refractivity contribution in [2.24, 2.45) is 0 Å². The normalized spacial score (nSPS) is 10.2. The molecular formula is C15H13ClFNO. The molecule has 2 nitrogen and oxygen atoms in total. The lowest BCUT2D eigenvalue weighted by molar-refractivity contribution is 0.0954. The summed E-state index contributed by atoms with van der Waals surface area (Å²) in [6.07, 6.45) is 0.577. The molecule has 0 aliphatic heterocycles. The highest BCUT2D eigenvalue weighted by Gasteiger charge is 2.08. The Balaban J connectivity index is 1.90. The van der Waals surface area contributed by atoms with Crippen LogP contribution in [0.25, 0.3) is 0 Å². The zero-order chi connectivity index (χ0) is 13.7. The summed E-state index contributed by atoms with van der Waals surface area (Å²) in [4.78, 5) is 11.9. The van der Waals surface area contributed by atoms with Gasteiger partial charge in [-0.2, -0.15) is 0 Å². The molecule has 98 valence electrons. The summed E-state index contributed by atoms with van der Waals surface area (Å²) >= 11 is 5.93. The number of carbonyl (C=O) groups excluding carboxylic acids is 1. The van der Waals surface area contributed by atoms with E-state index in [0.717, 1.165) is 5.56 Å². The lowest BCUT2D eigenvalue weighted by Crippen LogP contribution is -2.25. The molecule has 0 unspecified atom stereocenters. The third-order valence-electron chi connectivity index (χ3n) is 2.71. The van der Waals surface area contributed by atoms with Crippen molar-refractivity contribution in [3.63, 3.8) is 0 Å². The molecule has 2 aromatic rings. The van der Waals surface area contributed by atoms with Gasteiger partial charge in [0.2, 0.25) is 0 Å². The Hall–Kier alpha value is -1.87. The Morgan fingerprint density at radius 1 is 1.16 bits per heavy atom. The van der Waals surface area contributed by atoms with E-state index in [1.54, 1.807) is 30.3 Å². The fourth-order valence-electron chi connectivity index (χ4n) is 1.75. The molecule has 0 fully saturated rings. The quantitative estimate of drug-likeness (QED) is 0.911. The molecule has 2 aromatic carbocycles. The van der Waals surface area contributed by atoms with Crippen molar-refractivity contribution in [1.82, 2.24) is 5.32 Å². The van der Waals surface area contributed by atoms with E-state index in [-0.39, 0.29) is 11.7 Å². The first-order valence-electron chi connectivity index (χ1n) is 5.94. The van der Waals surface area contributed by atoms with Crippen molar-refractivity contribution >= 4 is 17.5 Å². The molecular weight excluding hydrogens is 265 g/mol. The topological polar surface area (TPSA) is 29.1 Å². The first-order chi connectivity index (χ1) is 9.16. The van der Waals surface area contributed by atoms with Crippen LogP contribution in [-0.2, 0) is 6.42 Å². The summed E-state index contributed by atoms with van der Waals surface area (Å²) in [6.45, 7) is 0.438. The van der Waals surface area contributed by atoms with Crippen LogP contribution in [-0.4, -0.2) is 12.5 Å². The van der Waals surface area contributed by atoms with Crippen LogP contribution in [0.1, 0.15) is 15.9 Å². The summed E-state index contributed by atoms with van der Waals surface area (Å²) in [7, 11) is 0. The van der Waals surface area contributed by atoms with E-state index in [4.69, 9.17) is 11.6 Å². The Morgan fingerprint density at radius 2 is 1.95 bits per heavy atom. The summed E-state index contributed by atoms with van der Waals surface area (Å²) in [5, 5.41) is 3.18. The number of hydrogen-bond acceptors (Lipinski definition) is 1. The van der Waals surface area contributed by atoms with Crippen LogP contribution >= 0.6 is 11.6 Å². The summed E-state index contributed by atoms with van der Waals surface area (Å²) < 4.78 is 13.0. The van der Waals surface area contributed by atoms with Gasteiger partial charge in [0.05, 0.1) is 10.6 Å². The fraction of sp³-hybridized carbons (Fsp3) is 0.133. The number of halogens is 2. The smallest absolute Gasteiger partial charge is 0.252 e. The highest BCUT2D eigenvalue weighted by atomic mass is 35.5. The Bertz CT molecular complexity index is 586. The number of nitrogens with one attached hydrogen (secondary N) is 1. The van der Waals surface area contributed by atoms with Crippen LogP contribution in [0.5, 0.6) is 0 Å². The summed E-state index contributed by atoms with van der Waals surface area (Å²) in [5.41, 5.74) is 1.29. The molecule has 0 radical (unpaired) electrons.